The minimum Gasteiger partial charge on any atom is -0.367 e. The van der Waals surface area contributed by atoms with Crippen LogP contribution in [-0.4, -0.2) is 16.0 Å². The van der Waals surface area contributed by atoms with Crippen molar-refractivity contribution in [1.29, 1.82) is 0 Å². The van der Waals surface area contributed by atoms with Gasteiger partial charge in [-0.2, -0.15) is 0 Å². The van der Waals surface area contributed by atoms with Gasteiger partial charge in [0, 0.05) is 23.7 Å². The summed E-state index contributed by atoms with van der Waals surface area (Å²) in [6.07, 6.45) is 5.31. The summed E-state index contributed by atoms with van der Waals surface area (Å²) < 4.78 is 0. The van der Waals surface area contributed by atoms with Crippen LogP contribution in [0.15, 0.2) is 6.07 Å². The quantitative estimate of drug-likeness (QED) is 0.880. The molecule has 2 atom stereocenters. The van der Waals surface area contributed by atoms with Crippen LogP contribution in [0.3, 0.4) is 0 Å². The lowest BCUT2D eigenvalue weighted by Gasteiger charge is -2.30. The molecule has 0 radical (unpaired) electrons. The first-order chi connectivity index (χ1) is 8.56. The van der Waals surface area contributed by atoms with Crippen molar-refractivity contribution in [2.45, 2.75) is 65.3 Å². The van der Waals surface area contributed by atoms with E-state index in [-0.39, 0.29) is 0 Å². The SMILES string of the molecule is Cc1cc(NC2CCCCC2C)nc(C(C)C)n1. The highest BCUT2D eigenvalue weighted by Gasteiger charge is 2.21. The highest BCUT2D eigenvalue weighted by Crippen LogP contribution is 2.26. The number of aryl methyl sites for hydroxylation is 1. The number of nitrogens with zero attached hydrogens (tertiary/aromatic N) is 2. The molecular formula is C15H25N3. The zero-order valence-electron chi connectivity index (χ0n) is 12.0. The summed E-state index contributed by atoms with van der Waals surface area (Å²) in [6, 6.07) is 2.64. The summed E-state index contributed by atoms with van der Waals surface area (Å²) in [7, 11) is 0. The minimum absolute atomic E-state index is 0.384. The van der Waals surface area contributed by atoms with Crippen molar-refractivity contribution in [2.24, 2.45) is 5.92 Å². The van der Waals surface area contributed by atoms with Gasteiger partial charge < -0.3 is 5.32 Å². The lowest BCUT2D eigenvalue weighted by molar-refractivity contribution is 0.349. The second-order valence-corrected chi connectivity index (χ2v) is 5.92. The van der Waals surface area contributed by atoms with Crippen molar-refractivity contribution in [3.63, 3.8) is 0 Å². The summed E-state index contributed by atoms with van der Waals surface area (Å²) in [5, 5.41) is 3.62. The summed E-state index contributed by atoms with van der Waals surface area (Å²) in [6.45, 7) is 8.67. The standard InChI is InChI=1S/C15H25N3/c1-10(2)15-16-12(4)9-14(18-15)17-13-8-6-5-7-11(13)3/h9-11,13H,5-8H2,1-4H3,(H,16,17,18). The summed E-state index contributed by atoms with van der Waals surface area (Å²) in [4.78, 5) is 9.13. The molecule has 1 saturated carbocycles. The van der Waals surface area contributed by atoms with Crippen molar-refractivity contribution in [3.05, 3.63) is 17.6 Å². The van der Waals surface area contributed by atoms with Crippen molar-refractivity contribution in [3.8, 4) is 0 Å². The van der Waals surface area contributed by atoms with Crippen LogP contribution in [-0.2, 0) is 0 Å². The third-order valence-electron chi connectivity index (χ3n) is 3.83. The predicted octanol–water partition coefficient (Wildman–Crippen LogP) is 3.90. The van der Waals surface area contributed by atoms with Gasteiger partial charge in [-0.05, 0) is 25.7 Å². The first-order valence-electron chi connectivity index (χ1n) is 7.18. The first kappa shape index (κ1) is 13.3. The fourth-order valence-electron chi connectivity index (χ4n) is 2.64. The molecule has 1 fully saturated rings. The van der Waals surface area contributed by atoms with E-state index in [9.17, 15) is 0 Å². The topological polar surface area (TPSA) is 37.8 Å². The minimum atomic E-state index is 0.384. The Morgan fingerprint density at radius 1 is 1.22 bits per heavy atom. The van der Waals surface area contributed by atoms with Crippen molar-refractivity contribution in [1.82, 2.24) is 9.97 Å². The van der Waals surface area contributed by atoms with E-state index < -0.39 is 0 Å². The van der Waals surface area contributed by atoms with Crippen LogP contribution in [0.25, 0.3) is 0 Å². The van der Waals surface area contributed by atoms with Gasteiger partial charge in [0.05, 0.1) is 0 Å². The summed E-state index contributed by atoms with van der Waals surface area (Å²) >= 11 is 0. The molecule has 1 aromatic rings. The van der Waals surface area contributed by atoms with Crippen LogP contribution in [0.4, 0.5) is 5.82 Å². The van der Waals surface area contributed by atoms with Crippen LogP contribution in [0.1, 0.15) is 63.9 Å². The monoisotopic (exact) mass is 247 g/mol. The van der Waals surface area contributed by atoms with Crippen molar-refractivity contribution in [2.75, 3.05) is 5.32 Å². The Hall–Kier alpha value is -1.12. The molecule has 3 heteroatoms. The lowest BCUT2D eigenvalue weighted by Crippen LogP contribution is -2.30. The van der Waals surface area contributed by atoms with E-state index in [1.165, 1.54) is 25.7 Å². The zero-order valence-corrected chi connectivity index (χ0v) is 12.0. The molecule has 0 saturated heterocycles. The van der Waals surface area contributed by atoms with Crippen LogP contribution >= 0.6 is 0 Å². The van der Waals surface area contributed by atoms with Gasteiger partial charge in [0.15, 0.2) is 0 Å². The van der Waals surface area contributed by atoms with Gasteiger partial charge in [0.25, 0.3) is 0 Å². The number of hydrogen-bond donors (Lipinski definition) is 1. The van der Waals surface area contributed by atoms with Gasteiger partial charge in [0.1, 0.15) is 11.6 Å². The van der Waals surface area contributed by atoms with Gasteiger partial charge in [-0.1, -0.05) is 33.6 Å². The Bertz CT molecular complexity index is 401. The number of aromatic nitrogens is 2. The Morgan fingerprint density at radius 2 is 1.94 bits per heavy atom. The Morgan fingerprint density at radius 3 is 2.61 bits per heavy atom. The highest BCUT2D eigenvalue weighted by atomic mass is 15.1. The van der Waals surface area contributed by atoms with E-state index in [1.807, 2.05) is 6.92 Å². The normalized spacial score (nSPS) is 24.3. The molecule has 1 aliphatic carbocycles. The molecule has 2 unspecified atom stereocenters. The third kappa shape index (κ3) is 3.21. The van der Waals surface area contributed by atoms with E-state index >= 15 is 0 Å². The number of hydrogen-bond acceptors (Lipinski definition) is 3. The summed E-state index contributed by atoms with van der Waals surface area (Å²) in [5.41, 5.74) is 1.06. The Kier molecular flexibility index (Phi) is 4.20. The maximum absolute atomic E-state index is 4.64. The molecule has 100 valence electrons. The highest BCUT2D eigenvalue weighted by molar-refractivity contribution is 5.37. The fourth-order valence-corrected chi connectivity index (χ4v) is 2.64. The van der Waals surface area contributed by atoms with Crippen molar-refractivity contribution < 1.29 is 0 Å². The van der Waals surface area contributed by atoms with Gasteiger partial charge in [-0.25, -0.2) is 9.97 Å². The molecule has 2 rings (SSSR count). The molecule has 1 aliphatic rings. The molecular weight excluding hydrogens is 222 g/mol. The van der Waals surface area contributed by atoms with E-state index in [0.717, 1.165) is 23.3 Å². The number of anilines is 1. The zero-order chi connectivity index (χ0) is 13.1. The molecule has 0 spiro atoms. The summed E-state index contributed by atoms with van der Waals surface area (Å²) in [5.74, 6) is 3.08. The smallest absolute Gasteiger partial charge is 0.133 e. The largest absolute Gasteiger partial charge is 0.367 e. The van der Waals surface area contributed by atoms with E-state index in [1.54, 1.807) is 0 Å². The van der Waals surface area contributed by atoms with Crippen LogP contribution in [0.5, 0.6) is 0 Å². The second-order valence-electron chi connectivity index (χ2n) is 5.92. The van der Waals surface area contributed by atoms with Gasteiger partial charge in [-0.15, -0.1) is 0 Å². The van der Waals surface area contributed by atoms with Gasteiger partial charge in [0.2, 0.25) is 0 Å². The molecule has 0 amide bonds. The second kappa shape index (κ2) is 5.68. The fraction of sp³-hybridized carbons (Fsp3) is 0.733. The Labute approximate surface area is 110 Å². The average Bonchev–Trinajstić information content (AvgIpc) is 2.31. The first-order valence-corrected chi connectivity index (χ1v) is 7.18. The average molecular weight is 247 g/mol. The maximum atomic E-state index is 4.64. The third-order valence-corrected chi connectivity index (χ3v) is 3.83. The van der Waals surface area contributed by atoms with Crippen LogP contribution < -0.4 is 5.32 Å². The van der Waals surface area contributed by atoms with Crippen LogP contribution in [0.2, 0.25) is 0 Å². The molecule has 0 bridgehead atoms. The van der Waals surface area contributed by atoms with E-state index in [2.05, 4.69) is 42.1 Å². The molecule has 1 N–H and O–H groups in total. The predicted molar refractivity (Wildman–Crippen MR) is 75.9 cm³/mol. The van der Waals surface area contributed by atoms with E-state index in [0.29, 0.717) is 12.0 Å². The maximum Gasteiger partial charge on any atom is 0.133 e. The van der Waals surface area contributed by atoms with Gasteiger partial charge in [-0.3, -0.25) is 0 Å². The molecule has 1 aromatic heterocycles. The van der Waals surface area contributed by atoms with Gasteiger partial charge >= 0.3 is 0 Å². The molecule has 3 nitrogen and oxygen atoms in total. The molecule has 0 aliphatic heterocycles. The van der Waals surface area contributed by atoms with Crippen LogP contribution in [0, 0.1) is 12.8 Å². The molecule has 1 heterocycles. The Balaban J connectivity index is 2.12. The lowest BCUT2D eigenvalue weighted by atomic mass is 9.86. The van der Waals surface area contributed by atoms with E-state index in [4.69, 9.17) is 0 Å². The number of nitrogens with one attached hydrogen (secondary N) is 1. The molecule has 18 heavy (non-hydrogen) atoms. The van der Waals surface area contributed by atoms with Crippen molar-refractivity contribution >= 4 is 5.82 Å². The number of rotatable bonds is 3. The molecule has 0 aromatic carbocycles.